The molecule has 0 saturated carbocycles. The van der Waals surface area contributed by atoms with Crippen molar-refractivity contribution in [1.82, 2.24) is 4.90 Å². The van der Waals surface area contributed by atoms with Crippen LogP contribution in [0.25, 0.3) is 0 Å². The number of nitrogens with zero attached hydrogens (tertiary/aromatic N) is 1. The predicted molar refractivity (Wildman–Crippen MR) is 46.4 cm³/mol. The minimum Gasteiger partial charge on any atom is -0.385 e. The van der Waals surface area contributed by atoms with E-state index in [0.29, 0.717) is 0 Å². The van der Waals surface area contributed by atoms with Crippen LogP contribution < -0.4 is 0 Å². The Balaban J connectivity index is 2.12. The minimum atomic E-state index is 0.879. The van der Waals surface area contributed by atoms with Crippen molar-refractivity contribution < 1.29 is 4.74 Å². The Labute approximate surface area is 68.8 Å². The Kier molecular flexibility index (Phi) is 3.43. The Hall–Kier alpha value is -0.500. The molecule has 0 aliphatic carbocycles. The summed E-state index contributed by atoms with van der Waals surface area (Å²) in [5.41, 5.74) is 1.43. The number of methoxy groups -OCH3 is 1. The monoisotopic (exact) mass is 155 g/mol. The molecule has 0 aromatic carbocycles. The lowest BCUT2D eigenvalue weighted by molar-refractivity contribution is 0.183. The van der Waals surface area contributed by atoms with Gasteiger partial charge in [0, 0.05) is 32.5 Å². The summed E-state index contributed by atoms with van der Waals surface area (Å²) in [5.74, 6) is 0. The van der Waals surface area contributed by atoms with Crippen molar-refractivity contribution in [3.8, 4) is 0 Å². The number of hydrogen-bond acceptors (Lipinski definition) is 2. The molecule has 11 heavy (non-hydrogen) atoms. The highest BCUT2D eigenvalue weighted by atomic mass is 16.5. The van der Waals surface area contributed by atoms with E-state index < -0.39 is 0 Å². The summed E-state index contributed by atoms with van der Waals surface area (Å²) in [7, 11) is 1.76. The zero-order valence-electron chi connectivity index (χ0n) is 7.47. The third-order valence-electron chi connectivity index (χ3n) is 2.11. The first-order chi connectivity index (χ1) is 5.34. The first-order valence-electron chi connectivity index (χ1n) is 4.25. The van der Waals surface area contributed by atoms with E-state index >= 15 is 0 Å². The Morgan fingerprint density at radius 1 is 1.64 bits per heavy atom. The fourth-order valence-corrected chi connectivity index (χ4v) is 1.42. The van der Waals surface area contributed by atoms with Crippen LogP contribution in [0.4, 0.5) is 0 Å². The average Bonchev–Trinajstić information content (AvgIpc) is 2.37. The Morgan fingerprint density at radius 2 is 2.45 bits per heavy atom. The number of ether oxygens (including phenoxy) is 1. The lowest BCUT2D eigenvalue weighted by Crippen LogP contribution is -2.20. The quantitative estimate of drug-likeness (QED) is 0.572. The van der Waals surface area contributed by atoms with Gasteiger partial charge in [0.15, 0.2) is 0 Å². The molecule has 1 rings (SSSR count). The van der Waals surface area contributed by atoms with Crippen LogP contribution in [0.15, 0.2) is 11.8 Å². The standard InChI is InChI=1S/C9H17NO/c1-9-5-3-6-10(9)7-4-8-11-2/h5H,3-4,6-8H2,1-2H3. The molecule has 2 nitrogen and oxygen atoms in total. The van der Waals surface area contributed by atoms with Crippen molar-refractivity contribution in [2.75, 3.05) is 26.8 Å². The maximum atomic E-state index is 4.99. The first kappa shape index (κ1) is 8.60. The number of hydrogen-bond donors (Lipinski definition) is 0. The van der Waals surface area contributed by atoms with E-state index in [-0.39, 0.29) is 0 Å². The van der Waals surface area contributed by atoms with Gasteiger partial charge in [-0.1, -0.05) is 6.08 Å². The van der Waals surface area contributed by atoms with E-state index in [1.165, 1.54) is 18.7 Å². The summed E-state index contributed by atoms with van der Waals surface area (Å²) in [4.78, 5) is 2.42. The molecule has 1 aliphatic rings. The second kappa shape index (κ2) is 4.39. The fraction of sp³-hybridized carbons (Fsp3) is 0.778. The van der Waals surface area contributed by atoms with Gasteiger partial charge in [0.2, 0.25) is 0 Å². The van der Waals surface area contributed by atoms with Gasteiger partial charge < -0.3 is 9.64 Å². The maximum Gasteiger partial charge on any atom is 0.0479 e. The zero-order chi connectivity index (χ0) is 8.10. The lowest BCUT2D eigenvalue weighted by atomic mass is 10.4. The topological polar surface area (TPSA) is 12.5 Å². The first-order valence-corrected chi connectivity index (χ1v) is 4.25. The van der Waals surface area contributed by atoms with Gasteiger partial charge in [-0.15, -0.1) is 0 Å². The van der Waals surface area contributed by atoms with Gasteiger partial charge >= 0.3 is 0 Å². The van der Waals surface area contributed by atoms with Crippen LogP contribution in [0.2, 0.25) is 0 Å². The lowest BCUT2D eigenvalue weighted by Gasteiger charge is -2.19. The van der Waals surface area contributed by atoms with Crippen LogP contribution in [0.3, 0.4) is 0 Å². The van der Waals surface area contributed by atoms with Crippen molar-refractivity contribution in [2.24, 2.45) is 0 Å². The number of rotatable bonds is 4. The molecule has 0 unspecified atom stereocenters. The maximum absolute atomic E-state index is 4.99. The van der Waals surface area contributed by atoms with E-state index in [0.717, 1.165) is 19.6 Å². The van der Waals surface area contributed by atoms with Gasteiger partial charge in [-0.05, 0) is 19.8 Å². The normalized spacial score (nSPS) is 17.3. The average molecular weight is 155 g/mol. The summed E-state index contributed by atoms with van der Waals surface area (Å²) in [6.45, 7) is 5.41. The van der Waals surface area contributed by atoms with Crippen molar-refractivity contribution in [3.05, 3.63) is 11.8 Å². The second-order valence-electron chi connectivity index (χ2n) is 2.97. The van der Waals surface area contributed by atoms with E-state index in [4.69, 9.17) is 4.74 Å². The molecule has 1 aliphatic heterocycles. The number of allylic oxidation sites excluding steroid dienone is 1. The van der Waals surface area contributed by atoms with Crippen LogP contribution >= 0.6 is 0 Å². The Morgan fingerprint density at radius 3 is 3.00 bits per heavy atom. The fourth-order valence-electron chi connectivity index (χ4n) is 1.42. The van der Waals surface area contributed by atoms with Gasteiger partial charge in [-0.2, -0.15) is 0 Å². The molecule has 0 aromatic heterocycles. The van der Waals surface area contributed by atoms with Crippen LogP contribution in [0.5, 0.6) is 0 Å². The third kappa shape index (κ3) is 2.54. The molecule has 0 amide bonds. The summed E-state index contributed by atoms with van der Waals surface area (Å²) >= 11 is 0. The Bertz CT molecular complexity index is 142. The highest BCUT2D eigenvalue weighted by Crippen LogP contribution is 2.13. The van der Waals surface area contributed by atoms with Crippen molar-refractivity contribution >= 4 is 0 Å². The molecule has 0 fully saturated rings. The molecule has 0 atom stereocenters. The largest absolute Gasteiger partial charge is 0.385 e. The summed E-state index contributed by atoms with van der Waals surface area (Å²) in [6.07, 6.45) is 4.66. The predicted octanol–water partition coefficient (Wildman–Crippen LogP) is 1.63. The SMILES string of the molecule is COCCCN1CCC=C1C. The van der Waals surface area contributed by atoms with Crippen LogP contribution in [-0.4, -0.2) is 31.7 Å². The van der Waals surface area contributed by atoms with Gasteiger partial charge in [0.25, 0.3) is 0 Å². The highest BCUT2D eigenvalue weighted by Gasteiger charge is 2.08. The van der Waals surface area contributed by atoms with E-state index in [1.807, 2.05) is 0 Å². The molecule has 0 saturated heterocycles. The summed E-state index contributed by atoms with van der Waals surface area (Å²) in [5, 5.41) is 0. The molecule has 0 aromatic rings. The molecule has 0 N–H and O–H groups in total. The summed E-state index contributed by atoms with van der Waals surface area (Å²) in [6, 6.07) is 0. The minimum absolute atomic E-state index is 0.879. The highest BCUT2D eigenvalue weighted by molar-refractivity contribution is 5.03. The van der Waals surface area contributed by atoms with Crippen molar-refractivity contribution in [2.45, 2.75) is 19.8 Å². The van der Waals surface area contributed by atoms with Crippen molar-refractivity contribution in [3.63, 3.8) is 0 Å². The molecule has 0 bridgehead atoms. The van der Waals surface area contributed by atoms with Crippen LogP contribution in [-0.2, 0) is 4.74 Å². The van der Waals surface area contributed by atoms with E-state index in [9.17, 15) is 0 Å². The van der Waals surface area contributed by atoms with Gasteiger partial charge in [0.05, 0.1) is 0 Å². The van der Waals surface area contributed by atoms with Gasteiger partial charge in [-0.3, -0.25) is 0 Å². The molecule has 2 heteroatoms. The van der Waals surface area contributed by atoms with Gasteiger partial charge in [0.1, 0.15) is 0 Å². The molecule has 0 spiro atoms. The molecule has 64 valence electrons. The van der Waals surface area contributed by atoms with Crippen molar-refractivity contribution in [1.29, 1.82) is 0 Å². The molecule has 0 radical (unpaired) electrons. The molecular weight excluding hydrogens is 138 g/mol. The van der Waals surface area contributed by atoms with E-state index in [2.05, 4.69) is 17.9 Å². The van der Waals surface area contributed by atoms with Gasteiger partial charge in [-0.25, -0.2) is 0 Å². The van der Waals surface area contributed by atoms with E-state index in [1.54, 1.807) is 7.11 Å². The zero-order valence-corrected chi connectivity index (χ0v) is 7.47. The van der Waals surface area contributed by atoms with Crippen LogP contribution in [0.1, 0.15) is 19.8 Å². The third-order valence-corrected chi connectivity index (χ3v) is 2.11. The smallest absolute Gasteiger partial charge is 0.0479 e. The molecule has 1 heterocycles. The van der Waals surface area contributed by atoms with Crippen LogP contribution in [0, 0.1) is 0 Å². The summed E-state index contributed by atoms with van der Waals surface area (Å²) < 4.78 is 4.99. The molecular formula is C9H17NO. The second-order valence-corrected chi connectivity index (χ2v) is 2.97.